The number of likely N-dealkylation sites (tertiary alicyclic amines) is 1. The average molecular weight is 519 g/mol. The first-order chi connectivity index (χ1) is 16.5. The highest BCUT2D eigenvalue weighted by Crippen LogP contribution is 2.29. The lowest BCUT2D eigenvalue weighted by atomic mass is 9.97. The molecule has 1 aliphatic rings. The third-order valence-electron chi connectivity index (χ3n) is 5.94. The van der Waals surface area contributed by atoms with Gasteiger partial charge in [0.05, 0.1) is 17.5 Å². The molecule has 1 N–H and O–H groups in total. The zero-order valence-corrected chi connectivity index (χ0v) is 21.4. The Morgan fingerprint density at radius 3 is 2.94 bits per heavy atom. The summed E-state index contributed by atoms with van der Waals surface area (Å²) >= 11 is 14.1. The number of amides is 1. The maximum atomic E-state index is 12.7. The maximum Gasteiger partial charge on any atom is 0.241 e. The molecule has 34 heavy (non-hydrogen) atoms. The van der Waals surface area contributed by atoms with Gasteiger partial charge in [-0.2, -0.15) is 16.7 Å². The van der Waals surface area contributed by atoms with Crippen molar-refractivity contribution in [2.24, 2.45) is 5.92 Å². The van der Waals surface area contributed by atoms with Crippen LogP contribution in [0.15, 0.2) is 47.0 Å². The maximum absolute atomic E-state index is 12.7. The van der Waals surface area contributed by atoms with Crippen molar-refractivity contribution < 1.29 is 9.32 Å². The first-order valence-electron chi connectivity index (χ1n) is 11.4. The second-order valence-electron chi connectivity index (χ2n) is 8.48. The Kier molecular flexibility index (Phi) is 8.89. The van der Waals surface area contributed by atoms with Gasteiger partial charge in [-0.25, -0.2) is 0 Å². The zero-order chi connectivity index (χ0) is 23.9. The minimum atomic E-state index is -0.0248. The van der Waals surface area contributed by atoms with Gasteiger partial charge < -0.3 is 9.84 Å². The number of carbonyl (C=O) groups excluding carboxylic acids is 1. The molecule has 2 heterocycles. The highest BCUT2D eigenvalue weighted by atomic mass is 35.5. The summed E-state index contributed by atoms with van der Waals surface area (Å²) in [6, 6.07) is 13.6. The van der Waals surface area contributed by atoms with Crippen molar-refractivity contribution in [2.75, 3.05) is 25.4 Å². The van der Waals surface area contributed by atoms with E-state index < -0.39 is 0 Å². The number of nitrogens with one attached hydrogen (secondary N) is 1. The van der Waals surface area contributed by atoms with Crippen molar-refractivity contribution in [3.05, 3.63) is 69.5 Å². The van der Waals surface area contributed by atoms with Gasteiger partial charge in [-0.15, -0.1) is 0 Å². The SMILES string of the molecule is Cc1ccccc1CSCCNC(=O)C1CCCN(Cc2nc(-c3ccc(Cl)cc3Cl)no2)C1. The Hall–Kier alpha value is -2.06. The van der Waals surface area contributed by atoms with E-state index in [1.54, 1.807) is 18.2 Å². The minimum absolute atomic E-state index is 0.0248. The number of halogens is 2. The number of thioether (sulfide) groups is 1. The van der Waals surface area contributed by atoms with Gasteiger partial charge in [-0.3, -0.25) is 9.69 Å². The van der Waals surface area contributed by atoms with E-state index in [-0.39, 0.29) is 11.8 Å². The molecule has 6 nitrogen and oxygen atoms in total. The predicted molar refractivity (Wildman–Crippen MR) is 138 cm³/mol. The van der Waals surface area contributed by atoms with Crippen molar-refractivity contribution >= 4 is 40.9 Å². The topological polar surface area (TPSA) is 71.3 Å². The van der Waals surface area contributed by atoms with Gasteiger partial charge in [0, 0.05) is 35.2 Å². The standard InChI is InChI=1S/C25H28Cl2N4O2S/c1-17-5-2-3-6-19(17)16-34-12-10-28-25(32)18-7-4-11-31(14-18)15-23-29-24(30-33-23)21-9-8-20(26)13-22(21)27/h2-3,5-6,8-9,13,18H,4,7,10-12,14-16H2,1H3,(H,28,32). The van der Waals surface area contributed by atoms with E-state index in [1.807, 2.05) is 11.8 Å². The summed E-state index contributed by atoms with van der Waals surface area (Å²) in [5.41, 5.74) is 3.34. The lowest BCUT2D eigenvalue weighted by Crippen LogP contribution is -2.43. The van der Waals surface area contributed by atoms with Crippen LogP contribution in [0, 0.1) is 12.8 Å². The largest absolute Gasteiger partial charge is 0.355 e. The molecule has 0 bridgehead atoms. The molecule has 180 valence electrons. The lowest BCUT2D eigenvalue weighted by Gasteiger charge is -2.30. The molecule has 1 amide bonds. The predicted octanol–water partition coefficient (Wildman–Crippen LogP) is 5.61. The Balaban J connectivity index is 1.22. The van der Waals surface area contributed by atoms with Gasteiger partial charge in [0.1, 0.15) is 0 Å². The smallest absolute Gasteiger partial charge is 0.241 e. The van der Waals surface area contributed by atoms with Crippen molar-refractivity contribution in [1.82, 2.24) is 20.4 Å². The second kappa shape index (κ2) is 12.1. The summed E-state index contributed by atoms with van der Waals surface area (Å²) < 4.78 is 5.44. The first kappa shape index (κ1) is 25.0. The highest BCUT2D eigenvalue weighted by molar-refractivity contribution is 7.98. The molecule has 0 saturated carbocycles. The van der Waals surface area contributed by atoms with E-state index in [4.69, 9.17) is 27.7 Å². The van der Waals surface area contributed by atoms with Crippen LogP contribution >= 0.6 is 35.0 Å². The normalized spacial score (nSPS) is 16.5. The number of aromatic nitrogens is 2. The molecule has 0 radical (unpaired) electrons. The monoisotopic (exact) mass is 518 g/mol. The van der Waals surface area contributed by atoms with Crippen LogP contribution in [0.5, 0.6) is 0 Å². The summed E-state index contributed by atoms with van der Waals surface area (Å²) in [5, 5.41) is 8.20. The molecular formula is C25H28Cl2N4O2S. The van der Waals surface area contributed by atoms with Crippen LogP contribution in [0.2, 0.25) is 10.0 Å². The van der Waals surface area contributed by atoms with Crippen LogP contribution in [0.3, 0.4) is 0 Å². The van der Waals surface area contributed by atoms with Gasteiger partial charge in [-0.05, 0) is 55.6 Å². The molecule has 1 atom stereocenters. The summed E-state index contributed by atoms with van der Waals surface area (Å²) in [7, 11) is 0. The van der Waals surface area contributed by atoms with E-state index >= 15 is 0 Å². The molecule has 9 heteroatoms. The minimum Gasteiger partial charge on any atom is -0.355 e. The van der Waals surface area contributed by atoms with Crippen molar-refractivity contribution in [1.29, 1.82) is 0 Å². The van der Waals surface area contributed by atoms with Crippen LogP contribution in [-0.2, 0) is 17.1 Å². The Morgan fingerprint density at radius 2 is 2.12 bits per heavy atom. The van der Waals surface area contributed by atoms with E-state index in [1.165, 1.54) is 11.1 Å². The van der Waals surface area contributed by atoms with Gasteiger partial charge in [0.25, 0.3) is 0 Å². The number of benzene rings is 2. The van der Waals surface area contributed by atoms with Crippen LogP contribution in [0.1, 0.15) is 29.9 Å². The van der Waals surface area contributed by atoms with E-state index in [9.17, 15) is 4.79 Å². The quantitative estimate of drug-likeness (QED) is 0.371. The molecule has 2 aromatic carbocycles. The summed E-state index contributed by atoms with van der Waals surface area (Å²) in [6.07, 6.45) is 1.86. The molecule has 4 rings (SSSR count). The molecule has 1 unspecified atom stereocenters. The molecule has 0 aliphatic carbocycles. The van der Waals surface area contributed by atoms with Gasteiger partial charge >= 0.3 is 0 Å². The molecular weight excluding hydrogens is 491 g/mol. The molecule has 3 aromatic rings. The number of hydrogen-bond acceptors (Lipinski definition) is 6. The highest BCUT2D eigenvalue weighted by Gasteiger charge is 2.27. The Bertz CT molecular complexity index is 1120. The number of carbonyl (C=O) groups is 1. The number of piperidine rings is 1. The van der Waals surface area contributed by atoms with E-state index in [0.717, 1.165) is 30.9 Å². The molecule has 0 spiro atoms. The van der Waals surface area contributed by atoms with Crippen LogP contribution in [0.4, 0.5) is 0 Å². The summed E-state index contributed by atoms with van der Waals surface area (Å²) in [6.45, 7) is 4.90. The van der Waals surface area contributed by atoms with E-state index in [0.29, 0.717) is 47.0 Å². The Morgan fingerprint density at radius 1 is 1.26 bits per heavy atom. The van der Waals surface area contributed by atoms with Crippen molar-refractivity contribution in [3.8, 4) is 11.4 Å². The molecule has 1 fully saturated rings. The second-order valence-corrected chi connectivity index (χ2v) is 10.4. The van der Waals surface area contributed by atoms with Crippen LogP contribution in [-0.4, -0.2) is 46.3 Å². The van der Waals surface area contributed by atoms with Gasteiger partial charge in [0.2, 0.25) is 17.6 Å². The van der Waals surface area contributed by atoms with Crippen molar-refractivity contribution in [3.63, 3.8) is 0 Å². The fraction of sp³-hybridized carbons (Fsp3) is 0.400. The van der Waals surface area contributed by atoms with Crippen LogP contribution in [0.25, 0.3) is 11.4 Å². The third kappa shape index (κ3) is 6.75. The first-order valence-corrected chi connectivity index (χ1v) is 13.3. The number of aryl methyl sites for hydroxylation is 1. The average Bonchev–Trinajstić information content (AvgIpc) is 3.28. The fourth-order valence-electron chi connectivity index (χ4n) is 4.05. The summed E-state index contributed by atoms with van der Waals surface area (Å²) in [5.74, 6) is 2.91. The van der Waals surface area contributed by atoms with Crippen molar-refractivity contribution in [2.45, 2.75) is 32.1 Å². The molecule has 1 aliphatic heterocycles. The zero-order valence-electron chi connectivity index (χ0n) is 19.1. The van der Waals surface area contributed by atoms with Gasteiger partial charge in [-0.1, -0.05) is 52.6 Å². The van der Waals surface area contributed by atoms with E-state index in [2.05, 4.69) is 51.5 Å². The lowest BCUT2D eigenvalue weighted by molar-refractivity contribution is -0.126. The number of nitrogens with zero attached hydrogens (tertiary/aromatic N) is 3. The molecule has 1 aromatic heterocycles. The van der Waals surface area contributed by atoms with Gasteiger partial charge in [0.15, 0.2) is 0 Å². The fourth-order valence-corrected chi connectivity index (χ4v) is 5.48. The number of rotatable bonds is 9. The number of hydrogen-bond donors (Lipinski definition) is 1. The third-order valence-corrected chi connectivity index (χ3v) is 7.50. The van der Waals surface area contributed by atoms with Crippen LogP contribution < -0.4 is 5.32 Å². The summed E-state index contributed by atoms with van der Waals surface area (Å²) in [4.78, 5) is 19.4. The Labute approximate surface area is 214 Å². The molecule has 1 saturated heterocycles.